The van der Waals surface area contributed by atoms with E-state index in [0.29, 0.717) is 6.10 Å². The van der Waals surface area contributed by atoms with Gasteiger partial charge in [-0.15, -0.1) is 0 Å². The molecule has 0 aromatic heterocycles. The van der Waals surface area contributed by atoms with Gasteiger partial charge in [-0.05, 0) is 56.0 Å². The minimum absolute atomic E-state index is 0.365. The first-order chi connectivity index (χ1) is 9.85. The summed E-state index contributed by atoms with van der Waals surface area (Å²) in [5.41, 5.74) is 1.36. The van der Waals surface area contributed by atoms with Crippen LogP contribution < -0.4 is 14.8 Å². The summed E-state index contributed by atoms with van der Waals surface area (Å²) >= 11 is 1.93. The Hall–Kier alpha value is -0.870. The lowest BCUT2D eigenvalue weighted by molar-refractivity contribution is 0.228. The molecule has 2 fully saturated rings. The van der Waals surface area contributed by atoms with Crippen LogP contribution in [0.1, 0.15) is 18.4 Å². The van der Waals surface area contributed by atoms with Gasteiger partial charge in [-0.2, -0.15) is 11.8 Å². The normalized spacial score (nSPS) is 20.4. The third kappa shape index (κ3) is 3.41. The summed E-state index contributed by atoms with van der Waals surface area (Å²) in [4.78, 5) is 0. The Labute approximate surface area is 125 Å². The highest BCUT2D eigenvalue weighted by molar-refractivity contribution is 8.00. The molecule has 2 saturated heterocycles. The smallest absolute Gasteiger partial charge is 0.161 e. The highest BCUT2D eigenvalue weighted by Gasteiger charge is 2.22. The molecule has 2 aliphatic heterocycles. The van der Waals surface area contributed by atoms with Crippen molar-refractivity contribution in [2.24, 2.45) is 5.92 Å². The van der Waals surface area contributed by atoms with Crippen LogP contribution in [0.25, 0.3) is 0 Å². The van der Waals surface area contributed by atoms with E-state index >= 15 is 0 Å². The maximum absolute atomic E-state index is 5.96. The topological polar surface area (TPSA) is 30.5 Å². The molecule has 1 aromatic carbocycles. The van der Waals surface area contributed by atoms with E-state index in [9.17, 15) is 0 Å². The zero-order valence-electron chi connectivity index (χ0n) is 12.1. The van der Waals surface area contributed by atoms with Gasteiger partial charge in [0.2, 0.25) is 0 Å². The molecule has 1 aromatic rings. The van der Waals surface area contributed by atoms with Crippen molar-refractivity contribution in [3.8, 4) is 11.5 Å². The second-order valence-corrected chi connectivity index (χ2v) is 6.73. The molecule has 0 unspecified atom stereocenters. The summed E-state index contributed by atoms with van der Waals surface area (Å²) < 4.78 is 11.5. The van der Waals surface area contributed by atoms with Crippen LogP contribution in [0.15, 0.2) is 18.2 Å². The monoisotopic (exact) mass is 293 g/mol. The third-order valence-corrected chi connectivity index (χ3v) is 5.33. The second kappa shape index (κ2) is 6.72. The standard InChI is InChI=1S/C16H23NO2S/c1-18-16-9-13(8-12-4-6-17-7-5-12)2-3-15(16)19-14-10-20-11-14/h2-3,9,12,14,17H,4-8,10-11H2,1H3. The number of methoxy groups -OCH3 is 1. The van der Waals surface area contributed by atoms with Gasteiger partial charge in [0, 0.05) is 11.5 Å². The van der Waals surface area contributed by atoms with Crippen LogP contribution in [0.5, 0.6) is 11.5 Å². The zero-order valence-corrected chi connectivity index (χ0v) is 12.9. The number of ether oxygens (including phenoxy) is 2. The van der Waals surface area contributed by atoms with Gasteiger partial charge < -0.3 is 14.8 Å². The van der Waals surface area contributed by atoms with Crippen LogP contribution in [-0.4, -0.2) is 37.8 Å². The van der Waals surface area contributed by atoms with Gasteiger partial charge in [-0.1, -0.05) is 6.07 Å². The van der Waals surface area contributed by atoms with Crippen molar-refractivity contribution in [2.45, 2.75) is 25.4 Å². The molecule has 0 amide bonds. The average molecular weight is 293 g/mol. The molecule has 2 heterocycles. The number of rotatable bonds is 5. The van der Waals surface area contributed by atoms with E-state index in [0.717, 1.165) is 48.4 Å². The molecule has 0 radical (unpaired) electrons. The lowest BCUT2D eigenvalue weighted by Gasteiger charge is -2.27. The van der Waals surface area contributed by atoms with Crippen molar-refractivity contribution in [1.29, 1.82) is 0 Å². The van der Waals surface area contributed by atoms with E-state index in [-0.39, 0.29) is 0 Å². The van der Waals surface area contributed by atoms with E-state index in [2.05, 4.69) is 23.5 Å². The number of nitrogens with one attached hydrogen (secondary N) is 1. The molecule has 0 saturated carbocycles. The van der Waals surface area contributed by atoms with Crippen LogP contribution >= 0.6 is 11.8 Å². The second-order valence-electron chi connectivity index (χ2n) is 5.66. The lowest BCUT2D eigenvalue weighted by Crippen LogP contribution is -2.31. The third-order valence-electron chi connectivity index (χ3n) is 4.11. The SMILES string of the molecule is COc1cc(CC2CCNCC2)ccc1OC1CSC1. The van der Waals surface area contributed by atoms with Gasteiger partial charge in [-0.3, -0.25) is 0 Å². The zero-order chi connectivity index (χ0) is 13.8. The van der Waals surface area contributed by atoms with Crippen LogP contribution in [-0.2, 0) is 6.42 Å². The van der Waals surface area contributed by atoms with Crippen LogP contribution in [0.3, 0.4) is 0 Å². The number of piperidine rings is 1. The van der Waals surface area contributed by atoms with Gasteiger partial charge in [0.15, 0.2) is 11.5 Å². The van der Waals surface area contributed by atoms with E-state index in [1.807, 2.05) is 11.8 Å². The van der Waals surface area contributed by atoms with Crippen LogP contribution in [0.4, 0.5) is 0 Å². The van der Waals surface area contributed by atoms with Crippen molar-refractivity contribution < 1.29 is 9.47 Å². The summed E-state index contributed by atoms with van der Waals surface area (Å²) in [6, 6.07) is 6.44. The minimum atomic E-state index is 0.365. The first-order valence-electron chi connectivity index (χ1n) is 7.47. The molecule has 0 bridgehead atoms. The van der Waals surface area contributed by atoms with Crippen molar-refractivity contribution in [3.63, 3.8) is 0 Å². The summed E-state index contributed by atoms with van der Waals surface area (Å²) in [6.07, 6.45) is 4.07. The Morgan fingerprint density at radius 2 is 2.00 bits per heavy atom. The van der Waals surface area contributed by atoms with Gasteiger partial charge in [-0.25, -0.2) is 0 Å². The maximum atomic E-state index is 5.96. The molecule has 0 atom stereocenters. The number of benzene rings is 1. The quantitative estimate of drug-likeness (QED) is 0.904. The van der Waals surface area contributed by atoms with Gasteiger partial charge in [0.25, 0.3) is 0 Å². The number of hydrogen-bond acceptors (Lipinski definition) is 4. The molecule has 0 spiro atoms. The summed E-state index contributed by atoms with van der Waals surface area (Å²) in [6.45, 7) is 2.31. The molecular weight excluding hydrogens is 270 g/mol. The van der Waals surface area contributed by atoms with Gasteiger partial charge >= 0.3 is 0 Å². The fourth-order valence-corrected chi connectivity index (χ4v) is 3.38. The highest BCUT2D eigenvalue weighted by atomic mass is 32.2. The molecule has 0 aliphatic carbocycles. The molecule has 1 N–H and O–H groups in total. The highest BCUT2D eigenvalue weighted by Crippen LogP contribution is 2.33. The molecule has 2 aliphatic rings. The van der Waals surface area contributed by atoms with Gasteiger partial charge in [0.1, 0.15) is 6.10 Å². The molecule has 20 heavy (non-hydrogen) atoms. The predicted molar refractivity (Wildman–Crippen MR) is 84.0 cm³/mol. The first kappa shape index (κ1) is 14.1. The Morgan fingerprint density at radius 3 is 2.65 bits per heavy atom. The van der Waals surface area contributed by atoms with Crippen molar-refractivity contribution in [2.75, 3.05) is 31.7 Å². The summed E-state index contributed by atoms with van der Waals surface area (Å²) in [5, 5.41) is 3.42. The number of hydrogen-bond donors (Lipinski definition) is 1. The largest absolute Gasteiger partial charge is 0.493 e. The van der Waals surface area contributed by atoms with Crippen LogP contribution in [0.2, 0.25) is 0 Å². The molecular formula is C16H23NO2S. The fourth-order valence-electron chi connectivity index (χ4n) is 2.82. The maximum Gasteiger partial charge on any atom is 0.161 e. The predicted octanol–water partition coefficient (Wildman–Crippen LogP) is 2.73. The molecule has 3 rings (SSSR count). The Kier molecular flexibility index (Phi) is 4.73. The van der Waals surface area contributed by atoms with E-state index in [1.54, 1.807) is 7.11 Å². The van der Waals surface area contributed by atoms with Gasteiger partial charge in [0.05, 0.1) is 7.11 Å². The summed E-state index contributed by atoms with van der Waals surface area (Å²) in [7, 11) is 1.73. The van der Waals surface area contributed by atoms with Crippen molar-refractivity contribution >= 4 is 11.8 Å². The minimum Gasteiger partial charge on any atom is -0.493 e. The average Bonchev–Trinajstić information content (AvgIpc) is 2.45. The Morgan fingerprint density at radius 1 is 1.20 bits per heavy atom. The van der Waals surface area contributed by atoms with Crippen molar-refractivity contribution in [1.82, 2.24) is 5.32 Å². The van der Waals surface area contributed by atoms with Crippen LogP contribution in [0, 0.1) is 5.92 Å². The van der Waals surface area contributed by atoms with Crippen molar-refractivity contribution in [3.05, 3.63) is 23.8 Å². The molecule has 3 nitrogen and oxygen atoms in total. The first-order valence-corrected chi connectivity index (χ1v) is 8.62. The molecule has 4 heteroatoms. The lowest BCUT2D eigenvalue weighted by atomic mass is 9.91. The molecule has 110 valence electrons. The fraction of sp³-hybridized carbons (Fsp3) is 0.625. The summed E-state index contributed by atoms with van der Waals surface area (Å²) in [5.74, 6) is 4.77. The number of thioether (sulfide) groups is 1. The Balaban J connectivity index is 1.65. The van der Waals surface area contributed by atoms with E-state index < -0.39 is 0 Å². The Bertz CT molecular complexity index is 442. The van der Waals surface area contributed by atoms with E-state index in [4.69, 9.17) is 9.47 Å². The van der Waals surface area contributed by atoms with E-state index in [1.165, 1.54) is 18.4 Å².